The number of phenolic OH excluding ortho intramolecular Hbond substituents is 1. The molecule has 18 rings (SSSR count). The van der Waals surface area contributed by atoms with E-state index in [0.29, 0.717) is 140 Å². The summed E-state index contributed by atoms with van der Waals surface area (Å²) in [7, 11) is 3.36. The molecule has 25 heteroatoms. The van der Waals surface area contributed by atoms with Crippen LogP contribution in [-0.2, 0) is 24.1 Å². The van der Waals surface area contributed by atoms with Crippen LogP contribution < -0.4 is 43.7 Å². The minimum absolute atomic E-state index is 0.000740. The Morgan fingerprint density at radius 2 is 0.742 bits per heavy atom. The maximum absolute atomic E-state index is 13.2. The maximum atomic E-state index is 13.2. The van der Waals surface area contributed by atoms with Crippen molar-refractivity contribution < 1.29 is 48.0 Å². The Morgan fingerprint density at radius 1 is 0.427 bits per heavy atom. The number of nitrogens with zero attached hydrogens (tertiary/aromatic N) is 8. The summed E-state index contributed by atoms with van der Waals surface area (Å²) in [6.45, 7) is 18.3. The van der Waals surface area contributed by atoms with Crippen molar-refractivity contribution in [1.82, 2.24) is 29.8 Å². The first-order valence-electron chi connectivity index (χ1n) is 44.1. The number of piperidine rings is 3. The molecule has 0 saturated carbocycles. The average Bonchev–Trinajstić information content (AvgIpc) is 1.14. The van der Waals surface area contributed by atoms with Crippen LogP contribution in [0.2, 0.25) is 0 Å². The highest BCUT2D eigenvalue weighted by Crippen LogP contribution is 2.58. The number of amides is 3. The minimum Gasteiger partial charge on any atom is -0.504 e. The van der Waals surface area contributed by atoms with Gasteiger partial charge in [-0.2, -0.15) is 0 Å². The van der Waals surface area contributed by atoms with Crippen molar-refractivity contribution >= 4 is 132 Å². The van der Waals surface area contributed by atoms with Gasteiger partial charge >= 0.3 is 3.18 Å². The lowest BCUT2D eigenvalue weighted by atomic mass is 9.93. The second kappa shape index (κ2) is 44.6. The zero-order valence-corrected chi connectivity index (χ0v) is 78.7. The van der Waals surface area contributed by atoms with Gasteiger partial charge in [-0.3, -0.25) is 24.2 Å². The second-order valence-corrected chi connectivity index (χ2v) is 39.8. The van der Waals surface area contributed by atoms with Crippen LogP contribution in [0.4, 0.5) is 34.1 Å². The minimum atomic E-state index is 0.000740. The number of hydrogen-bond acceptors (Lipinski definition) is 16. The van der Waals surface area contributed by atoms with E-state index < -0.39 is 0 Å². The summed E-state index contributed by atoms with van der Waals surface area (Å²) < 4.78 is 30.8. The number of methoxy groups -OCH3 is 2. The Balaban J connectivity index is 0.000000147. The van der Waals surface area contributed by atoms with Gasteiger partial charge in [0, 0.05) is 130 Å². The fourth-order valence-corrected chi connectivity index (χ4v) is 19.9. The molecule has 0 radical (unpaired) electrons. The van der Waals surface area contributed by atoms with E-state index in [-0.39, 0.29) is 32.0 Å². The number of para-hydroxylation sites is 3. The van der Waals surface area contributed by atoms with Gasteiger partial charge in [0.1, 0.15) is 6.29 Å². The number of aldehydes is 1. The molecule has 656 valence electrons. The molecule has 6 bridgehead atoms. The molecule has 2 N–H and O–H groups in total. The molecule has 6 fully saturated rings. The van der Waals surface area contributed by atoms with Gasteiger partial charge in [0.05, 0.1) is 53.7 Å². The third-order valence-electron chi connectivity index (χ3n) is 25.7. The molecule has 9 aromatic rings. The van der Waals surface area contributed by atoms with Crippen LogP contribution in [0.5, 0.6) is 51.7 Å². The Kier molecular flexibility index (Phi) is 33.4. The highest BCUT2D eigenvalue weighted by atomic mass is 79.9. The number of hydrogen-bond donors (Lipinski definition) is 2. The van der Waals surface area contributed by atoms with Crippen LogP contribution >= 0.6 is 70.5 Å². The summed E-state index contributed by atoms with van der Waals surface area (Å²) >= 11 is 18.8. The van der Waals surface area contributed by atoms with E-state index in [2.05, 4.69) is 162 Å². The lowest BCUT2D eigenvalue weighted by Crippen LogP contribution is -2.50. The number of fused-ring (bicyclic) bond motifs is 12. The van der Waals surface area contributed by atoms with Crippen LogP contribution in [0.25, 0.3) is 0 Å². The Morgan fingerprint density at radius 3 is 1.07 bits per heavy atom. The van der Waals surface area contributed by atoms with Gasteiger partial charge < -0.3 is 68.3 Å². The van der Waals surface area contributed by atoms with Crippen molar-refractivity contribution in [2.75, 3.05) is 86.6 Å². The number of benzene rings is 9. The predicted octanol–water partition coefficient (Wildman–Crippen LogP) is 22.7. The van der Waals surface area contributed by atoms with E-state index in [0.717, 1.165) is 133 Å². The van der Waals surface area contributed by atoms with Gasteiger partial charge in [-0.05, 0) is 239 Å². The Labute approximate surface area is 767 Å². The van der Waals surface area contributed by atoms with Crippen LogP contribution in [0.1, 0.15) is 166 Å². The van der Waals surface area contributed by atoms with Crippen molar-refractivity contribution in [3.8, 4) is 51.7 Å². The molecule has 3 amide bonds. The number of aromatic hydroxyl groups is 1. The first kappa shape index (κ1) is 92.9. The van der Waals surface area contributed by atoms with E-state index in [9.17, 15) is 24.3 Å². The molecule has 0 spiro atoms. The molecule has 9 aromatic carbocycles. The summed E-state index contributed by atoms with van der Waals surface area (Å²) in [6.07, 6.45) is 17.7. The number of alkyl halides is 2. The molecular weight excluding hydrogens is 1800 g/mol. The quantitative estimate of drug-likeness (QED) is 0.0372. The number of nitrogens with one attached hydrogen (secondary N) is 1. The molecule has 19 nitrogen and oxygen atoms in total. The molecule has 0 aromatic heterocycles. The maximum Gasteiger partial charge on any atom is 0.369 e. The van der Waals surface area contributed by atoms with Gasteiger partial charge in [0.2, 0.25) is 0 Å². The number of carbonyl (C=O) groups is 4. The number of rotatable bonds is 22. The smallest absolute Gasteiger partial charge is 0.369 e. The number of halogens is 5. The van der Waals surface area contributed by atoms with E-state index in [1.807, 2.05) is 165 Å². The van der Waals surface area contributed by atoms with Crippen molar-refractivity contribution in [1.29, 1.82) is 0 Å². The van der Waals surface area contributed by atoms with Crippen LogP contribution in [0.3, 0.4) is 0 Å². The topological polar surface area (TPSA) is 173 Å². The molecule has 6 saturated heterocycles. The number of anilines is 6. The molecule has 6 unspecified atom stereocenters. The number of ether oxygens (including phenoxy) is 5. The Bertz CT molecular complexity index is 5000. The zero-order chi connectivity index (χ0) is 87.5. The molecule has 6 atom stereocenters. The van der Waals surface area contributed by atoms with Crippen LogP contribution in [0, 0.1) is 0 Å². The van der Waals surface area contributed by atoms with Gasteiger partial charge in [0.25, 0.3) is 17.7 Å². The molecule has 0 aliphatic carbocycles. The lowest BCUT2D eigenvalue weighted by molar-refractivity contribution is -0.107. The predicted molar refractivity (Wildman–Crippen MR) is 513 cm³/mol. The van der Waals surface area contributed by atoms with E-state index >= 15 is 0 Å². The standard InChI is InChI=1S/C33H39N3O3.C32H37N3O3.C25H31N3O3.C8H8O.CH2Cl2.BBr3/c1-4-34(5-2)33(37)24-14-17-28-31(20-24)39-32-29(12-9-13-30(32)38-3)36(28)27-21-25-15-16-26(22-27)35(25)19-18-23-10-7-6-8-11-23;1-3-33(4-2)32(37)23-13-16-27-30(19-23)38-31-28(11-8-12-29(31)36)35(27)26-20-24-14-15-25(21-26)34(24)18-17-22-9-6-5-7-10-22;1-4-27(5-2)25(29)16-9-12-20-23(13-16)31-24-21(7-6-8-22(24)30-3)28(20)19-14-17-10-11-18(15-19)26-17;9-7-6-8-4-2-1-3-5-8;2-1-3;2-1(3)4/h6-14,17,20,25-27H,4-5,15-16,18-19,21-22H2,1-3H3;5-13,16,19,24-26,36H,3-4,14-15,17-18,20-21H2,1-2H3;6-9,12-13,17-19,26H,4-5,10-11,14-15H2,1-3H3;1-5,7H,6H2;1H2;. The average molecular weight is 1910 g/mol. The number of phenols is 1. The van der Waals surface area contributed by atoms with Gasteiger partial charge in [-0.15, -0.1) is 70.5 Å². The van der Waals surface area contributed by atoms with Crippen molar-refractivity contribution in [2.45, 2.75) is 192 Å². The summed E-state index contributed by atoms with van der Waals surface area (Å²) in [5.41, 5.74) is 11.9. The van der Waals surface area contributed by atoms with Crippen molar-refractivity contribution in [3.05, 3.63) is 234 Å². The van der Waals surface area contributed by atoms with Crippen molar-refractivity contribution in [3.63, 3.8) is 0 Å². The SMILES string of the molecule is BrB(Br)Br.CCN(CC)C(=O)c1ccc2c(c1)Oc1c(O)cccc1N2C1CC2CCC(C1)N2CCc1ccccc1.CCN(CC)C(=O)c1ccc2c(c1)Oc1c(OC)cccc1N2C1CC2CCC(C1)N2.CCN(CC)C(=O)c1ccc2c(c1)Oc1c(OC)cccc1N2C1CC2CCC(C1)N2CCc1ccccc1.ClCCl.O=CCc1ccccc1. The Hall–Kier alpha value is -8.78. The monoisotopic (exact) mass is 1910 g/mol. The summed E-state index contributed by atoms with van der Waals surface area (Å²) in [5.74, 6) is 5.66. The third-order valence-corrected chi connectivity index (χ3v) is 25.7. The van der Waals surface area contributed by atoms with Gasteiger partial charge in [-0.25, -0.2) is 0 Å². The molecule has 9 aliphatic heterocycles. The van der Waals surface area contributed by atoms with Crippen LogP contribution in [0.15, 0.2) is 200 Å². The second-order valence-electron chi connectivity index (χ2n) is 32.6. The fraction of sp³-hybridized carbons (Fsp3) is 0.414. The number of carbonyl (C=O) groups excluding carboxylic acids is 4. The van der Waals surface area contributed by atoms with Crippen LogP contribution in [-0.4, -0.2) is 183 Å². The summed E-state index contributed by atoms with van der Waals surface area (Å²) in [4.78, 5) is 67.5. The molecule has 9 heterocycles. The van der Waals surface area contributed by atoms with Gasteiger partial charge in [-0.1, -0.05) is 109 Å². The highest BCUT2D eigenvalue weighted by molar-refractivity contribution is 9.69. The highest BCUT2D eigenvalue weighted by Gasteiger charge is 2.48. The normalized spacial score (nSPS) is 20.4. The molecular formula is C99H117BBr3Cl2N9O10. The largest absolute Gasteiger partial charge is 0.504 e. The van der Waals surface area contributed by atoms with E-state index in [1.54, 1.807) is 20.3 Å². The fourth-order valence-electron chi connectivity index (χ4n) is 19.9. The first-order valence-corrected chi connectivity index (χ1v) is 47.9. The molecule has 124 heavy (non-hydrogen) atoms. The first-order chi connectivity index (χ1) is 60.4. The van der Waals surface area contributed by atoms with Crippen molar-refractivity contribution in [2.24, 2.45) is 0 Å². The summed E-state index contributed by atoms with van der Waals surface area (Å²) in [6, 6.07) is 71.2. The summed E-state index contributed by atoms with van der Waals surface area (Å²) in [5, 5.41) is 14.7. The lowest BCUT2D eigenvalue weighted by Gasteiger charge is -2.46. The van der Waals surface area contributed by atoms with Gasteiger partial charge in [0.15, 0.2) is 51.7 Å². The molecule has 9 aliphatic rings. The third kappa shape index (κ3) is 21.7. The zero-order valence-electron chi connectivity index (χ0n) is 72.5. The van der Waals surface area contributed by atoms with E-state index in [1.165, 1.54) is 49.7 Å². The van der Waals surface area contributed by atoms with E-state index in [4.69, 9.17) is 46.9 Å².